The Morgan fingerprint density at radius 1 is 0.906 bits per heavy atom. The van der Waals surface area contributed by atoms with Crippen molar-refractivity contribution in [2.45, 2.75) is 25.3 Å². The van der Waals surface area contributed by atoms with Gasteiger partial charge in [-0.25, -0.2) is 18.7 Å². The van der Waals surface area contributed by atoms with Gasteiger partial charge >= 0.3 is 0 Å². The van der Waals surface area contributed by atoms with E-state index in [1.165, 1.54) is 24.3 Å². The first kappa shape index (κ1) is 22.1. The Balaban J connectivity index is 1.31. The Kier molecular flexibility index (Phi) is 7.61. The standard InChI is InChI=1S/C25H29F2N5/c26-21-5-3-19(4-6-21)24(31-23-9-7-22(27)8-10-23)20-11-17-32(18-12-20)16-2-15-30-25-28-13-1-14-29-25/h1,3-10,13-14,20,24,31H,2,11-12,15-18H2,(H,28,29,30). The van der Waals surface area contributed by atoms with Gasteiger partial charge in [-0.2, -0.15) is 0 Å². The fraction of sp³-hybridized carbons (Fsp3) is 0.360. The molecule has 0 radical (unpaired) electrons. The first-order valence-corrected chi connectivity index (χ1v) is 11.2. The van der Waals surface area contributed by atoms with E-state index in [0.717, 1.165) is 56.7 Å². The maximum atomic E-state index is 13.5. The minimum atomic E-state index is -0.254. The van der Waals surface area contributed by atoms with Gasteiger partial charge in [-0.3, -0.25) is 0 Å². The highest BCUT2D eigenvalue weighted by molar-refractivity contribution is 5.46. The minimum Gasteiger partial charge on any atom is -0.378 e. The summed E-state index contributed by atoms with van der Waals surface area (Å²) in [4.78, 5) is 10.8. The summed E-state index contributed by atoms with van der Waals surface area (Å²) in [5.74, 6) is 0.590. The lowest BCUT2D eigenvalue weighted by Crippen LogP contribution is -2.38. The monoisotopic (exact) mass is 437 g/mol. The van der Waals surface area contributed by atoms with Gasteiger partial charge in [-0.05, 0) is 92.8 Å². The smallest absolute Gasteiger partial charge is 0.222 e. The van der Waals surface area contributed by atoms with Crippen LogP contribution in [0.4, 0.5) is 20.4 Å². The number of hydrogen-bond donors (Lipinski definition) is 2. The molecule has 2 N–H and O–H groups in total. The highest BCUT2D eigenvalue weighted by Crippen LogP contribution is 2.34. The Morgan fingerprint density at radius 3 is 2.19 bits per heavy atom. The Bertz CT molecular complexity index is 942. The van der Waals surface area contributed by atoms with Gasteiger partial charge < -0.3 is 15.5 Å². The molecule has 3 aromatic rings. The van der Waals surface area contributed by atoms with Crippen LogP contribution in [0.2, 0.25) is 0 Å². The van der Waals surface area contributed by atoms with Gasteiger partial charge in [0.1, 0.15) is 11.6 Å². The molecule has 1 aromatic heterocycles. The van der Waals surface area contributed by atoms with Crippen LogP contribution in [0.1, 0.15) is 30.9 Å². The van der Waals surface area contributed by atoms with Gasteiger partial charge in [-0.15, -0.1) is 0 Å². The molecule has 32 heavy (non-hydrogen) atoms. The molecule has 5 nitrogen and oxygen atoms in total. The number of rotatable bonds is 9. The molecule has 168 valence electrons. The molecule has 4 rings (SSSR count). The van der Waals surface area contributed by atoms with Crippen LogP contribution < -0.4 is 10.6 Å². The van der Waals surface area contributed by atoms with E-state index in [4.69, 9.17) is 0 Å². The number of halogens is 2. The van der Waals surface area contributed by atoms with Crippen LogP contribution in [0.15, 0.2) is 67.0 Å². The number of aromatic nitrogens is 2. The molecule has 1 atom stereocenters. The zero-order valence-corrected chi connectivity index (χ0v) is 18.1. The van der Waals surface area contributed by atoms with Crippen LogP contribution in [0, 0.1) is 17.6 Å². The Labute approximate surface area is 187 Å². The molecule has 1 aliphatic heterocycles. The van der Waals surface area contributed by atoms with Crippen LogP contribution >= 0.6 is 0 Å². The summed E-state index contributed by atoms with van der Waals surface area (Å²) in [6.07, 6.45) is 6.59. The summed E-state index contributed by atoms with van der Waals surface area (Å²) in [6, 6.07) is 15.0. The number of benzene rings is 2. The van der Waals surface area contributed by atoms with Gasteiger partial charge in [-0.1, -0.05) is 12.1 Å². The molecule has 7 heteroatoms. The molecular formula is C25H29F2N5. The summed E-state index contributed by atoms with van der Waals surface area (Å²) in [7, 11) is 0. The lowest BCUT2D eigenvalue weighted by molar-refractivity contribution is 0.173. The number of hydrogen-bond acceptors (Lipinski definition) is 5. The van der Waals surface area contributed by atoms with E-state index >= 15 is 0 Å². The van der Waals surface area contributed by atoms with E-state index in [1.807, 2.05) is 12.1 Å². The van der Waals surface area contributed by atoms with E-state index in [0.29, 0.717) is 11.9 Å². The molecule has 0 saturated carbocycles. The summed E-state index contributed by atoms with van der Waals surface area (Å²) in [5, 5.41) is 6.82. The SMILES string of the molecule is Fc1ccc(NC(c2ccc(F)cc2)C2CCN(CCCNc3ncccn3)CC2)cc1. The van der Waals surface area contributed by atoms with Crippen LogP contribution in [0.5, 0.6) is 0 Å². The quantitative estimate of drug-likeness (QED) is 0.455. The largest absolute Gasteiger partial charge is 0.378 e. The molecular weight excluding hydrogens is 408 g/mol. The van der Waals surface area contributed by atoms with Gasteiger partial charge in [0.25, 0.3) is 0 Å². The van der Waals surface area contributed by atoms with Crippen molar-refractivity contribution >= 4 is 11.6 Å². The first-order chi connectivity index (χ1) is 15.7. The lowest BCUT2D eigenvalue weighted by Gasteiger charge is -2.37. The first-order valence-electron chi connectivity index (χ1n) is 11.2. The van der Waals surface area contributed by atoms with E-state index in [-0.39, 0.29) is 17.7 Å². The fourth-order valence-electron chi connectivity index (χ4n) is 4.27. The Hall–Kier alpha value is -3.06. The molecule has 0 bridgehead atoms. The second-order valence-electron chi connectivity index (χ2n) is 8.21. The molecule has 2 aromatic carbocycles. The van der Waals surface area contributed by atoms with Crippen LogP contribution in [0.25, 0.3) is 0 Å². The minimum absolute atomic E-state index is 0.0557. The molecule has 2 heterocycles. The predicted octanol–water partition coefficient (Wildman–Crippen LogP) is 5.12. The van der Waals surface area contributed by atoms with Crippen molar-refractivity contribution in [3.05, 3.63) is 84.2 Å². The molecule has 0 spiro atoms. The predicted molar refractivity (Wildman–Crippen MR) is 123 cm³/mol. The van der Waals surface area contributed by atoms with Gasteiger partial charge in [0.2, 0.25) is 5.95 Å². The van der Waals surface area contributed by atoms with Crippen molar-refractivity contribution in [3.8, 4) is 0 Å². The normalized spacial score (nSPS) is 15.9. The zero-order chi connectivity index (χ0) is 22.2. The second-order valence-corrected chi connectivity index (χ2v) is 8.21. The maximum absolute atomic E-state index is 13.5. The molecule has 0 amide bonds. The van der Waals surface area contributed by atoms with Crippen molar-refractivity contribution in [2.75, 3.05) is 36.8 Å². The third-order valence-corrected chi connectivity index (χ3v) is 6.00. The molecule has 0 aliphatic carbocycles. The molecule has 1 unspecified atom stereocenters. The average Bonchev–Trinajstić information content (AvgIpc) is 2.83. The van der Waals surface area contributed by atoms with Crippen LogP contribution in [0.3, 0.4) is 0 Å². The maximum Gasteiger partial charge on any atom is 0.222 e. The summed E-state index contributed by atoms with van der Waals surface area (Å²) < 4.78 is 26.8. The number of likely N-dealkylation sites (tertiary alicyclic amines) is 1. The van der Waals surface area contributed by atoms with E-state index in [2.05, 4.69) is 25.5 Å². The van der Waals surface area contributed by atoms with Gasteiger partial charge in [0, 0.05) is 24.6 Å². The van der Waals surface area contributed by atoms with Crippen molar-refractivity contribution in [1.29, 1.82) is 0 Å². The van der Waals surface area contributed by atoms with Gasteiger partial charge in [0.05, 0.1) is 6.04 Å². The third kappa shape index (κ3) is 6.23. The number of piperidine rings is 1. The van der Waals surface area contributed by atoms with E-state index < -0.39 is 0 Å². The number of nitrogens with one attached hydrogen (secondary N) is 2. The fourth-order valence-corrected chi connectivity index (χ4v) is 4.27. The lowest BCUT2D eigenvalue weighted by atomic mass is 9.85. The molecule has 1 fully saturated rings. The van der Waals surface area contributed by atoms with Crippen LogP contribution in [-0.4, -0.2) is 41.0 Å². The van der Waals surface area contributed by atoms with Crippen molar-refractivity contribution in [2.24, 2.45) is 5.92 Å². The highest BCUT2D eigenvalue weighted by Gasteiger charge is 2.27. The Morgan fingerprint density at radius 2 is 1.53 bits per heavy atom. The zero-order valence-electron chi connectivity index (χ0n) is 18.1. The second kappa shape index (κ2) is 11.0. The van der Waals surface area contributed by atoms with Crippen LogP contribution in [-0.2, 0) is 0 Å². The molecule has 1 saturated heterocycles. The topological polar surface area (TPSA) is 53.1 Å². The summed E-state index contributed by atoms with van der Waals surface area (Å²) >= 11 is 0. The van der Waals surface area contributed by atoms with Gasteiger partial charge in [0.15, 0.2) is 0 Å². The van der Waals surface area contributed by atoms with Crippen molar-refractivity contribution in [1.82, 2.24) is 14.9 Å². The van der Waals surface area contributed by atoms with Crippen molar-refractivity contribution < 1.29 is 8.78 Å². The average molecular weight is 438 g/mol. The number of anilines is 2. The van der Waals surface area contributed by atoms with E-state index in [1.54, 1.807) is 30.6 Å². The summed E-state index contributed by atoms with van der Waals surface area (Å²) in [5.41, 5.74) is 1.93. The highest BCUT2D eigenvalue weighted by atomic mass is 19.1. The third-order valence-electron chi connectivity index (χ3n) is 6.00. The van der Waals surface area contributed by atoms with E-state index in [9.17, 15) is 8.78 Å². The summed E-state index contributed by atoms with van der Waals surface area (Å²) in [6.45, 7) is 3.91. The van der Waals surface area contributed by atoms with Crippen molar-refractivity contribution in [3.63, 3.8) is 0 Å². The number of nitrogens with zero attached hydrogens (tertiary/aromatic N) is 3. The molecule has 1 aliphatic rings.